The number of hydrogen-bond donors (Lipinski definition) is 1. The lowest BCUT2D eigenvalue weighted by atomic mass is 10.1. The smallest absolute Gasteiger partial charge is 0.260 e. The summed E-state index contributed by atoms with van der Waals surface area (Å²) < 4.78 is 18.7. The van der Waals surface area contributed by atoms with Gasteiger partial charge in [-0.1, -0.05) is 6.07 Å². The quantitative estimate of drug-likeness (QED) is 0.836. The summed E-state index contributed by atoms with van der Waals surface area (Å²) in [6.07, 6.45) is 0.752. The van der Waals surface area contributed by atoms with Gasteiger partial charge in [-0.15, -0.1) is 0 Å². The van der Waals surface area contributed by atoms with E-state index in [9.17, 15) is 9.18 Å². The number of benzene rings is 1. The molecule has 17 heavy (non-hydrogen) atoms. The lowest BCUT2D eigenvalue weighted by Crippen LogP contribution is -2.32. The van der Waals surface area contributed by atoms with E-state index in [0.717, 1.165) is 6.42 Å². The highest BCUT2D eigenvalue weighted by atomic mass is 19.1. The molecule has 0 saturated carbocycles. The molecule has 1 fully saturated rings. The first-order valence-electron chi connectivity index (χ1n) is 5.51. The minimum absolute atomic E-state index is 0.0101. The summed E-state index contributed by atoms with van der Waals surface area (Å²) in [5, 5.41) is 0. The zero-order valence-electron chi connectivity index (χ0n) is 9.65. The highest BCUT2D eigenvalue weighted by molar-refractivity contribution is 5.97. The third kappa shape index (κ3) is 2.24. The van der Waals surface area contributed by atoms with Gasteiger partial charge in [-0.3, -0.25) is 4.79 Å². The van der Waals surface area contributed by atoms with E-state index in [4.69, 9.17) is 10.5 Å². The van der Waals surface area contributed by atoms with E-state index in [1.807, 2.05) is 0 Å². The summed E-state index contributed by atoms with van der Waals surface area (Å²) in [4.78, 5) is 13.7. The topological polar surface area (TPSA) is 55.6 Å². The number of amides is 1. The molecule has 0 bridgehead atoms. The van der Waals surface area contributed by atoms with Crippen LogP contribution in [0.15, 0.2) is 18.2 Å². The molecule has 0 aromatic heterocycles. The van der Waals surface area contributed by atoms with Crippen molar-refractivity contribution < 1.29 is 13.9 Å². The fraction of sp³-hybridized carbons (Fsp3) is 0.417. The van der Waals surface area contributed by atoms with E-state index >= 15 is 0 Å². The predicted molar refractivity (Wildman–Crippen MR) is 61.4 cm³/mol. The van der Waals surface area contributed by atoms with Crippen molar-refractivity contribution in [2.45, 2.75) is 12.5 Å². The maximum absolute atomic E-state index is 13.7. The molecule has 1 aliphatic rings. The monoisotopic (exact) mass is 238 g/mol. The van der Waals surface area contributed by atoms with Gasteiger partial charge in [0.05, 0.1) is 7.11 Å². The van der Waals surface area contributed by atoms with Crippen molar-refractivity contribution in [1.82, 2.24) is 4.90 Å². The van der Waals surface area contributed by atoms with E-state index in [-0.39, 0.29) is 23.3 Å². The number of methoxy groups -OCH3 is 1. The van der Waals surface area contributed by atoms with E-state index in [1.54, 1.807) is 11.0 Å². The lowest BCUT2D eigenvalue weighted by molar-refractivity contribution is 0.0782. The maximum atomic E-state index is 13.7. The average molecular weight is 238 g/mol. The number of carbonyl (C=O) groups is 1. The van der Waals surface area contributed by atoms with Gasteiger partial charge in [-0.05, 0) is 18.6 Å². The second-order valence-corrected chi connectivity index (χ2v) is 4.12. The van der Waals surface area contributed by atoms with Crippen molar-refractivity contribution in [3.05, 3.63) is 29.6 Å². The number of nitrogens with two attached hydrogens (primary N) is 1. The summed E-state index contributed by atoms with van der Waals surface area (Å²) in [7, 11) is 1.42. The van der Waals surface area contributed by atoms with Crippen LogP contribution in [0.1, 0.15) is 16.8 Å². The fourth-order valence-corrected chi connectivity index (χ4v) is 2.01. The Morgan fingerprint density at radius 3 is 2.94 bits per heavy atom. The van der Waals surface area contributed by atoms with Crippen LogP contribution < -0.4 is 10.5 Å². The minimum atomic E-state index is -0.560. The van der Waals surface area contributed by atoms with Gasteiger partial charge >= 0.3 is 0 Å². The Balaban J connectivity index is 2.30. The molecule has 1 unspecified atom stereocenters. The van der Waals surface area contributed by atoms with Gasteiger partial charge in [-0.25, -0.2) is 4.39 Å². The van der Waals surface area contributed by atoms with E-state index in [2.05, 4.69) is 0 Å². The van der Waals surface area contributed by atoms with Gasteiger partial charge in [0.1, 0.15) is 17.1 Å². The van der Waals surface area contributed by atoms with Crippen LogP contribution in [0.3, 0.4) is 0 Å². The van der Waals surface area contributed by atoms with Crippen LogP contribution in [0.4, 0.5) is 4.39 Å². The molecular weight excluding hydrogens is 223 g/mol. The minimum Gasteiger partial charge on any atom is -0.496 e. The predicted octanol–water partition coefficient (Wildman–Crippen LogP) is 1.01. The molecule has 2 rings (SSSR count). The van der Waals surface area contributed by atoms with Crippen molar-refractivity contribution in [3.63, 3.8) is 0 Å². The third-order valence-corrected chi connectivity index (χ3v) is 2.92. The second kappa shape index (κ2) is 4.71. The van der Waals surface area contributed by atoms with Gasteiger partial charge in [0.25, 0.3) is 5.91 Å². The number of rotatable bonds is 2. The SMILES string of the molecule is COc1cccc(F)c1C(=O)N1CCC(N)C1. The van der Waals surface area contributed by atoms with Crippen molar-refractivity contribution in [2.75, 3.05) is 20.2 Å². The van der Waals surface area contributed by atoms with Gasteiger partial charge in [0.2, 0.25) is 0 Å². The Bertz CT molecular complexity index is 437. The van der Waals surface area contributed by atoms with Crippen molar-refractivity contribution in [2.24, 2.45) is 5.73 Å². The van der Waals surface area contributed by atoms with Gasteiger partial charge in [-0.2, -0.15) is 0 Å². The standard InChI is InChI=1S/C12H15FN2O2/c1-17-10-4-2-3-9(13)11(10)12(16)15-6-5-8(14)7-15/h2-4,8H,5-7,14H2,1H3. The zero-order chi connectivity index (χ0) is 12.4. The van der Waals surface area contributed by atoms with Crippen LogP contribution in [0.2, 0.25) is 0 Å². The Hall–Kier alpha value is -1.62. The van der Waals surface area contributed by atoms with Crippen LogP contribution in [0.25, 0.3) is 0 Å². The number of halogens is 1. The number of ether oxygens (including phenoxy) is 1. The zero-order valence-corrected chi connectivity index (χ0v) is 9.65. The van der Waals surface area contributed by atoms with Crippen LogP contribution >= 0.6 is 0 Å². The van der Waals surface area contributed by atoms with Crippen molar-refractivity contribution >= 4 is 5.91 Å². The van der Waals surface area contributed by atoms with Crippen molar-refractivity contribution in [1.29, 1.82) is 0 Å². The Morgan fingerprint density at radius 1 is 1.59 bits per heavy atom. The molecule has 0 radical (unpaired) electrons. The fourth-order valence-electron chi connectivity index (χ4n) is 2.01. The maximum Gasteiger partial charge on any atom is 0.260 e. The van der Waals surface area contributed by atoms with E-state index in [1.165, 1.54) is 19.2 Å². The highest BCUT2D eigenvalue weighted by Gasteiger charge is 2.28. The van der Waals surface area contributed by atoms with Crippen LogP contribution in [-0.4, -0.2) is 37.0 Å². The Morgan fingerprint density at radius 2 is 2.35 bits per heavy atom. The summed E-state index contributed by atoms with van der Waals surface area (Å²) >= 11 is 0. The molecule has 5 heteroatoms. The van der Waals surface area contributed by atoms with Gasteiger partial charge in [0.15, 0.2) is 0 Å². The molecule has 4 nitrogen and oxygen atoms in total. The molecule has 0 spiro atoms. The largest absolute Gasteiger partial charge is 0.496 e. The summed E-state index contributed by atoms with van der Waals surface area (Å²) in [5.74, 6) is -0.654. The Labute approximate surface area is 99.2 Å². The van der Waals surface area contributed by atoms with Gasteiger partial charge in [0, 0.05) is 19.1 Å². The Kier molecular flexibility index (Phi) is 3.28. The van der Waals surface area contributed by atoms with Crippen LogP contribution in [0, 0.1) is 5.82 Å². The first-order valence-corrected chi connectivity index (χ1v) is 5.51. The number of likely N-dealkylation sites (tertiary alicyclic amines) is 1. The molecule has 1 heterocycles. The first kappa shape index (κ1) is 11.9. The molecule has 1 aromatic rings. The molecule has 0 aliphatic carbocycles. The molecule has 1 amide bonds. The molecule has 1 atom stereocenters. The molecule has 1 aliphatic heterocycles. The first-order chi connectivity index (χ1) is 8.13. The second-order valence-electron chi connectivity index (χ2n) is 4.12. The van der Waals surface area contributed by atoms with Crippen LogP contribution in [0.5, 0.6) is 5.75 Å². The molecular formula is C12H15FN2O2. The summed E-state index contributed by atoms with van der Waals surface area (Å²) in [5.41, 5.74) is 5.72. The van der Waals surface area contributed by atoms with Crippen molar-refractivity contribution in [3.8, 4) is 5.75 Å². The molecule has 1 aromatic carbocycles. The van der Waals surface area contributed by atoms with E-state index in [0.29, 0.717) is 13.1 Å². The number of carbonyl (C=O) groups excluding carboxylic acids is 1. The molecule has 2 N–H and O–H groups in total. The lowest BCUT2D eigenvalue weighted by Gasteiger charge is -2.17. The normalized spacial score (nSPS) is 19.5. The summed E-state index contributed by atoms with van der Waals surface area (Å²) in [6, 6.07) is 4.33. The van der Waals surface area contributed by atoms with Gasteiger partial charge < -0.3 is 15.4 Å². The average Bonchev–Trinajstić information content (AvgIpc) is 2.74. The van der Waals surface area contributed by atoms with E-state index < -0.39 is 5.82 Å². The highest BCUT2D eigenvalue weighted by Crippen LogP contribution is 2.24. The third-order valence-electron chi connectivity index (χ3n) is 2.92. The van der Waals surface area contributed by atoms with Crippen LogP contribution in [-0.2, 0) is 0 Å². The molecule has 1 saturated heterocycles. The number of nitrogens with zero attached hydrogens (tertiary/aromatic N) is 1. The number of hydrogen-bond acceptors (Lipinski definition) is 3. The molecule has 92 valence electrons. The summed E-state index contributed by atoms with van der Waals surface area (Å²) in [6.45, 7) is 1.04.